The fourth-order valence-electron chi connectivity index (χ4n) is 1.79. The predicted octanol–water partition coefficient (Wildman–Crippen LogP) is 0.710. The van der Waals surface area contributed by atoms with Crippen molar-refractivity contribution in [2.75, 3.05) is 11.9 Å². The van der Waals surface area contributed by atoms with Gasteiger partial charge in [-0.15, -0.1) is 0 Å². The summed E-state index contributed by atoms with van der Waals surface area (Å²) in [6, 6.07) is 5.24. The van der Waals surface area contributed by atoms with Crippen LogP contribution in [0.4, 0.5) is 5.82 Å². The predicted molar refractivity (Wildman–Crippen MR) is 69.1 cm³/mol. The Bertz CT molecular complexity index is 620. The largest absolute Gasteiger partial charge is 0.476 e. The van der Waals surface area contributed by atoms with Crippen molar-refractivity contribution in [2.24, 2.45) is 5.73 Å². The van der Waals surface area contributed by atoms with Gasteiger partial charge < -0.3 is 16.2 Å². The highest BCUT2D eigenvalue weighted by atomic mass is 16.4. The molecule has 100 valence electrons. The maximum atomic E-state index is 11.3. The molecule has 0 aliphatic heterocycles. The summed E-state index contributed by atoms with van der Waals surface area (Å²) in [5.74, 6) is -1.14. The average molecular weight is 262 g/mol. The van der Waals surface area contributed by atoms with E-state index in [0.717, 1.165) is 0 Å². The fraction of sp³-hybridized carbons (Fsp3) is 0.250. The maximum Gasteiger partial charge on any atom is 0.356 e. The van der Waals surface area contributed by atoms with Crippen LogP contribution in [0.2, 0.25) is 0 Å². The van der Waals surface area contributed by atoms with Gasteiger partial charge >= 0.3 is 5.97 Å². The zero-order valence-corrected chi connectivity index (χ0v) is 10.2. The number of nitrogens with one attached hydrogen (secondary N) is 1. The van der Waals surface area contributed by atoms with Gasteiger partial charge in [0.15, 0.2) is 11.5 Å². The van der Waals surface area contributed by atoms with Crippen LogP contribution >= 0.6 is 0 Å². The van der Waals surface area contributed by atoms with Gasteiger partial charge in [-0.25, -0.2) is 9.78 Å². The summed E-state index contributed by atoms with van der Waals surface area (Å²) in [4.78, 5) is 26.1. The van der Waals surface area contributed by atoms with E-state index in [0.29, 0.717) is 24.4 Å². The molecule has 19 heavy (non-hydrogen) atoms. The van der Waals surface area contributed by atoms with Crippen LogP contribution in [0.25, 0.3) is 5.65 Å². The van der Waals surface area contributed by atoms with Crippen LogP contribution in [-0.4, -0.2) is 32.9 Å². The molecule has 1 amide bonds. The van der Waals surface area contributed by atoms with Crippen molar-refractivity contribution in [3.05, 3.63) is 30.1 Å². The first-order valence-electron chi connectivity index (χ1n) is 5.82. The van der Waals surface area contributed by atoms with Crippen LogP contribution in [0.15, 0.2) is 24.4 Å². The van der Waals surface area contributed by atoms with Crippen molar-refractivity contribution in [2.45, 2.75) is 12.8 Å². The van der Waals surface area contributed by atoms with E-state index < -0.39 is 5.97 Å². The van der Waals surface area contributed by atoms with Gasteiger partial charge in [-0.1, -0.05) is 6.07 Å². The summed E-state index contributed by atoms with van der Waals surface area (Å²) in [5, 5.41) is 12.1. The molecule has 0 spiro atoms. The molecule has 7 heteroatoms. The third kappa shape index (κ3) is 2.82. The molecular weight excluding hydrogens is 248 g/mol. The van der Waals surface area contributed by atoms with Gasteiger partial charge in [0.2, 0.25) is 5.91 Å². The molecular formula is C12H14N4O3. The molecule has 0 aliphatic rings. The van der Waals surface area contributed by atoms with Gasteiger partial charge in [0, 0.05) is 19.2 Å². The van der Waals surface area contributed by atoms with Crippen LogP contribution in [0.3, 0.4) is 0 Å². The number of hydrogen-bond acceptors (Lipinski definition) is 4. The molecule has 0 atom stereocenters. The summed E-state index contributed by atoms with van der Waals surface area (Å²) < 4.78 is 1.50. The second-order valence-corrected chi connectivity index (χ2v) is 4.04. The Morgan fingerprint density at radius 3 is 2.89 bits per heavy atom. The highest BCUT2D eigenvalue weighted by molar-refractivity contribution is 5.92. The van der Waals surface area contributed by atoms with Crippen molar-refractivity contribution in [3.63, 3.8) is 0 Å². The topological polar surface area (TPSA) is 110 Å². The number of hydrogen-bond donors (Lipinski definition) is 3. The normalized spacial score (nSPS) is 10.5. The highest BCUT2D eigenvalue weighted by Crippen LogP contribution is 2.17. The zero-order valence-electron chi connectivity index (χ0n) is 10.2. The van der Waals surface area contributed by atoms with Crippen molar-refractivity contribution in [1.82, 2.24) is 9.38 Å². The number of fused-ring (bicyclic) bond motifs is 1. The van der Waals surface area contributed by atoms with E-state index in [1.54, 1.807) is 24.4 Å². The molecule has 2 rings (SSSR count). The first kappa shape index (κ1) is 12.9. The van der Waals surface area contributed by atoms with E-state index >= 15 is 0 Å². The van der Waals surface area contributed by atoms with Gasteiger partial charge in [0.05, 0.1) is 0 Å². The van der Waals surface area contributed by atoms with Gasteiger partial charge in [0.1, 0.15) is 5.65 Å². The van der Waals surface area contributed by atoms with Crippen molar-refractivity contribution >= 4 is 23.3 Å². The third-order valence-electron chi connectivity index (χ3n) is 2.62. The van der Waals surface area contributed by atoms with E-state index in [2.05, 4.69) is 10.3 Å². The van der Waals surface area contributed by atoms with Crippen molar-refractivity contribution in [1.29, 1.82) is 0 Å². The first-order chi connectivity index (χ1) is 9.09. The van der Waals surface area contributed by atoms with E-state index in [9.17, 15) is 14.7 Å². The number of imidazole rings is 1. The number of amides is 1. The molecule has 2 heterocycles. The second kappa shape index (κ2) is 5.38. The maximum absolute atomic E-state index is 11.3. The monoisotopic (exact) mass is 262 g/mol. The van der Waals surface area contributed by atoms with Gasteiger partial charge in [-0.2, -0.15) is 0 Å². The van der Waals surface area contributed by atoms with Crippen LogP contribution in [0.1, 0.15) is 23.3 Å². The average Bonchev–Trinajstić information content (AvgIpc) is 2.72. The Balaban J connectivity index is 2.20. The molecule has 0 fully saturated rings. The van der Waals surface area contributed by atoms with Crippen LogP contribution in [-0.2, 0) is 4.79 Å². The Morgan fingerprint density at radius 1 is 1.42 bits per heavy atom. The lowest BCUT2D eigenvalue weighted by Crippen LogP contribution is -2.14. The Hall–Kier alpha value is -2.57. The summed E-state index contributed by atoms with van der Waals surface area (Å²) in [7, 11) is 0. The fourth-order valence-corrected chi connectivity index (χ4v) is 1.79. The second-order valence-electron chi connectivity index (χ2n) is 4.04. The summed E-state index contributed by atoms with van der Waals surface area (Å²) in [6.45, 7) is 0.438. The molecule has 2 aromatic rings. The quantitative estimate of drug-likeness (QED) is 0.664. The first-order valence-corrected chi connectivity index (χ1v) is 5.82. The number of rotatable bonds is 6. The lowest BCUT2D eigenvalue weighted by molar-refractivity contribution is -0.118. The minimum atomic E-state index is -1.06. The molecule has 0 aromatic carbocycles. The van der Waals surface area contributed by atoms with Crippen molar-refractivity contribution in [3.8, 4) is 0 Å². The number of carbonyl (C=O) groups is 2. The molecule has 0 unspecified atom stereocenters. The van der Waals surface area contributed by atoms with E-state index in [1.807, 2.05) is 0 Å². The highest BCUT2D eigenvalue weighted by Gasteiger charge is 2.17. The summed E-state index contributed by atoms with van der Waals surface area (Å²) >= 11 is 0. The van der Waals surface area contributed by atoms with E-state index in [-0.39, 0.29) is 18.0 Å². The SMILES string of the molecule is NC(=O)CCCNc1nc2ccccn2c1C(=O)O. The lowest BCUT2D eigenvalue weighted by Gasteiger charge is -2.03. The Labute approximate surface area is 109 Å². The Kier molecular flexibility index (Phi) is 3.65. The zero-order chi connectivity index (χ0) is 13.8. The number of primary amides is 1. The van der Waals surface area contributed by atoms with E-state index in [1.165, 1.54) is 4.40 Å². The minimum absolute atomic E-state index is 0.0784. The summed E-state index contributed by atoms with van der Waals surface area (Å²) in [6.07, 6.45) is 2.42. The van der Waals surface area contributed by atoms with Crippen molar-refractivity contribution < 1.29 is 14.7 Å². The number of carbonyl (C=O) groups excluding carboxylic acids is 1. The standard InChI is InChI=1S/C12H14N4O3/c13-8(17)4-3-6-14-11-10(12(18)19)16-7-2-1-5-9(16)15-11/h1-2,5,7,14H,3-4,6H2,(H2,13,17)(H,18,19). The molecule has 0 saturated carbocycles. The van der Waals surface area contributed by atoms with Gasteiger partial charge in [0.25, 0.3) is 0 Å². The van der Waals surface area contributed by atoms with Crippen LogP contribution in [0.5, 0.6) is 0 Å². The number of carboxylic acid groups (broad SMARTS) is 1. The number of aromatic nitrogens is 2. The number of nitrogens with two attached hydrogens (primary N) is 1. The number of pyridine rings is 1. The molecule has 2 aromatic heterocycles. The number of nitrogens with zero attached hydrogens (tertiary/aromatic N) is 2. The van der Waals surface area contributed by atoms with Gasteiger partial charge in [-0.05, 0) is 18.6 Å². The third-order valence-corrected chi connectivity index (χ3v) is 2.62. The number of aromatic carboxylic acids is 1. The smallest absolute Gasteiger partial charge is 0.356 e. The number of carboxylic acids is 1. The van der Waals surface area contributed by atoms with Crippen LogP contribution < -0.4 is 11.1 Å². The summed E-state index contributed by atoms with van der Waals surface area (Å²) in [5.41, 5.74) is 5.66. The molecule has 0 aliphatic carbocycles. The molecule has 0 saturated heterocycles. The molecule has 0 bridgehead atoms. The van der Waals surface area contributed by atoms with Crippen LogP contribution in [0, 0.1) is 0 Å². The molecule has 4 N–H and O–H groups in total. The Morgan fingerprint density at radius 2 is 2.21 bits per heavy atom. The van der Waals surface area contributed by atoms with E-state index in [4.69, 9.17) is 5.73 Å². The van der Waals surface area contributed by atoms with Gasteiger partial charge in [-0.3, -0.25) is 9.20 Å². The molecule has 0 radical (unpaired) electrons. The lowest BCUT2D eigenvalue weighted by atomic mass is 10.3. The minimum Gasteiger partial charge on any atom is -0.476 e. The number of anilines is 1. The molecule has 7 nitrogen and oxygen atoms in total.